The number of nitrogens with two attached hydrogens (primary N) is 1. The van der Waals surface area contributed by atoms with Crippen LogP contribution in [0, 0.1) is 0 Å². The Bertz CT molecular complexity index is 306. The average Bonchev–Trinajstić information content (AvgIpc) is 1.94. The van der Waals surface area contributed by atoms with Crippen molar-refractivity contribution in [2.45, 2.75) is 13.0 Å². The molecule has 1 aromatic rings. The van der Waals surface area contributed by atoms with Gasteiger partial charge in [-0.25, -0.2) is 0 Å². The number of nitrogens with zero attached hydrogens (tertiary/aromatic N) is 1. The third-order valence-corrected chi connectivity index (χ3v) is 1.64. The molecular formula is C8H13ClN2O. The van der Waals surface area contributed by atoms with E-state index in [1.165, 1.54) is 4.57 Å². The maximum atomic E-state index is 11.3. The smallest absolute Gasteiger partial charge is 0.255 e. The molecule has 0 radical (unpaired) electrons. The van der Waals surface area contributed by atoms with Gasteiger partial charge in [-0.3, -0.25) is 4.79 Å². The van der Waals surface area contributed by atoms with Gasteiger partial charge in [0.25, 0.3) is 5.56 Å². The number of rotatable bonds is 1. The van der Waals surface area contributed by atoms with Gasteiger partial charge in [-0.1, -0.05) is 6.07 Å². The van der Waals surface area contributed by atoms with E-state index in [-0.39, 0.29) is 24.0 Å². The molecule has 0 fully saturated rings. The van der Waals surface area contributed by atoms with Crippen LogP contribution in [-0.4, -0.2) is 4.57 Å². The fourth-order valence-corrected chi connectivity index (χ4v) is 0.965. The summed E-state index contributed by atoms with van der Waals surface area (Å²) in [7, 11) is 1.72. The highest BCUT2D eigenvalue weighted by atomic mass is 35.5. The molecule has 0 aromatic carbocycles. The molecule has 0 bridgehead atoms. The summed E-state index contributed by atoms with van der Waals surface area (Å²) in [4.78, 5) is 11.3. The van der Waals surface area contributed by atoms with Crippen molar-refractivity contribution < 1.29 is 0 Å². The molecule has 0 unspecified atom stereocenters. The first-order valence-corrected chi connectivity index (χ1v) is 3.54. The molecule has 0 aliphatic heterocycles. The minimum atomic E-state index is -0.185. The van der Waals surface area contributed by atoms with Gasteiger partial charge in [-0.2, -0.15) is 0 Å². The Kier molecular flexibility index (Phi) is 4.00. The Balaban J connectivity index is 0.00000121. The molecule has 4 heteroatoms. The molecule has 1 heterocycles. The minimum Gasteiger partial charge on any atom is -0.324 e. The van der Waals surface area contributed by atoms with E-state index in [9.17, 15) is 4.79 Å². The minimum absolute atomic E-state index is 0. The molecule has 1 aromatic heterocycles. The molecule has 0 aliphatic carbocycles. The van der Waals surface area contributed by atoms with E-state index in [1.807, 2.05) is 6.07 Å². The van der Waals surface area contributed by atoms with E-state index in [1.54, 1.807) is 26.2 Å². The van der Waals surface area contributed by atoms with Gasteiger partial charge in [-0.15, -0.1) is 12.4 Å². The second-order valence-corrected chi connectivity index (χ2v) is 2.67. The second-order valence-electron chi connectivity index (χ2n) is 2.67. The van der Waals surface area contributed by atoms with Gasteiger partial charge in [0.2, 0.25) is 0 Å². The summed E-state index contributed by atoms with van der Waals surface area (Å²) in [5.41, 5.74) is 6.22. The predicted molar refractivity (Wildman–Crippen MR) is 51.5 cm³/mol. The Morgan fingerprint density at radius 1 is 1.58 bits per heavy atom. The molecule has 68 valence electrons. The van der Waals surface area contributed by atoms with Crippen LogP contribution >= 0.6 is 12.4 Å². The second kappa shape index (κ2) is 4.28. The highest BCUT2D eigenvalue weighted by Gasteiger charge is 2.03. The summed E-state index contributed by atoms with van der Waals surface area (Å²) in [6, 6.07) is 3.39. The first-order chi connectivity index (χ1) is 5.13. The molecule has 0 spiro atoms. The SMILES string of the molecule is C[C@@H](N)c1cccn(C)c1=O.Cl. The zero-order valence-electron chi connectivity index (χ0n) is 7.15. The maximum Gasteiger partial charge on any atom is 0.255 e. The summed E-state index contributed by atoms with van der Waals surface area (Å²) in [6.45, 7) is 1.80. The number of pyridine rings is 1. The number of halogens is 1. The van der Waals surface area contributed by atoms with E-state index in [0.29, 0.717) is 5.56 Å². The van der Waals surface area contributed by atoms with Crippen molar-refractivity contribution in [1.82, 2.24) is 4.57 Å². The molecule has 12 heavy (non-hydrogen) atoms. The lowest BCUT2D eigenvalue weighted by Gasteiger charge is -2.05. The van der Waals surface area contributed by atoms with Gasteiger partial charge >= 0.3 is 0 Å². The molecule has 3 nitrogen and oxygen atoms in total. The average molecular weight is 189 g/mol. The summed E-state index contributed by atoms with van der Waals surface area (Å²) >= 11 is 0. The van der Waals surface area contributed by atoms with E-state index >= 15 is 0 Å². The maximum absolute atomic E-state index is 11.3. The van der Waals surface area contributed by atoms with Gasteiger partial charge in [0.05, 0.1) is 0 Å². The van der Waals surface area contributed by atoms with E-state index < -0.39 is 0 Å². The lowest BCUT2D eigenvalue weighted by molar-refractivity contribution is 0.756. The van der Waals surface area contributed by atoms with Crippen LogP contribution in [0.3, 0.4) is 0 Å². The lowest BCUT2D eigenvalue weighted by Crippen LogP contribution is -2.24. The first-order valence-electron chi connectivity index (χ1n) is 3.54. The van der Waals surface area contributed by atoms with Gasteiger partial charge in [0.1, 0.15) is 0 Å². The number of aromatic nitrogens is 1. The van der Waals surface area contributed by atoms with E-state index in [4.69, 9.17) is 5.73 Å². The highest BCUT2D eigenvalue weighted by molar-refractivity contribution is 5.85. The Morgan fingerprint density at radius 3 is 2.58 bits per heavy atom. The quantitative estimate of drug-likeness (QED) is 0.710. The molecule has 0 amide bonds. The van der Waals surface area contributed by atoms with E-state index in [2.05, 4.69) is 0 Å². The summed E-state index contributed by atoms with van der Waals surface area (Å²) < 4.78 is 1.53. The molecule has 0 aliphatic rings. The van der Waals surface area contributed by atoms with Crippen molar-refractivity contribution in [2.24, 2.45) is 12.8 Å². The molecule has 2 N–H and O–H groups in total. The Labute approximate surface area is 77.6 Å². The van der Waals surface area contributed by atoms with Crippen molar-refractivity contribution >= 4 is 12.4 Å². The standard InChI is InChI=1S/C8H12N2O.ClH/c1-6(9)7-4-3-5-10(2)8(7)11;/h3-6H,9H2,1-2H3;1H/t6-;/m1./s1. The van der Waals surface area contributed by atoms with Crippen LogP contribution < -0.4 is 11.3 Å². The van der Waals surface area contributed by atoms with Crippen LogP contribution in [-0.2, 0) is 7.05 Å². The van der Waals surface area contributed by atoms with Crippen molar-refractivity contribution in [3.05, 3.63) is 34.2 Å². The number of aryl methyl sites for hydroxylation is 1. The third kappa shape index (κ3) is 2.09. The first kappa shape index (κ1) is 11.2. The molecule has 1 rings (SSSR count). The highest BCUT2D eigenvalue weighted by Crippen LogP contribution is 2.00. The predicted octanol–water partition coefficient (Wildman–Crippen LogP) is 0.827. The molecule has 0 saturated heterocycles. The molecule has 1 atom stereocenters. The summed E-state index contributed by atoms with van der Waals surface area (Å²) in [5, 5.41) is 0. The van der Waals surface area contributed by atoms with E-state index in [0.717, 1.165) is 0 Å². The Morgan fingerprint density at radius 2 is 2.17 bits per heavy atom. The number of hydrogen-bond acceptors (Lipinski definition) is 2. The van der Waals surface area contributed by atoms with Crippen LogP contribution in [0.15, 0.2) is 23.1 Å². The molecular weight excluding hydrogens is 176 g/mol. The zero-order chi connectivity index (χ0) is 8.43. The van der Waals surface area contributed by atoms with Crippen molar-refractivity contribution in [1.29, 1.82) is 0 Å². The van der Waals surface area contributed by atoms with Gasteiger partial charge in [-0.05, 0) is 13.0 Å². The van der Waals surface area contributed by atoms with Crippen molar-refractivity contribution in [3.8, 4) is 0 Å². The Hall–Kier alpha value is -0.800. The fourth-order valence-electron chi connectivity index (χ4n) is 0.965. The van der Waals surface area contributed by atoms with Crippen molar-refractivity contribution in [2.75, 3.05) is 0 Å². The number of hydrogen-bond donors (Lipinski definition) is 1. The third-order valence-electron chi connectivity index (χ3n) is 1.64. The van der Waals surface area contributed by atoms with Crippen LogP contribution in [0.5, 0.6) is 0 Å². The fraction of sp³-hybridized carbons (Fsp3) is 0.375. The topological polar surface area (TPSA) is 48.0 Å². The van der Waals surface area contributed by atoms with Crippen LogP contribution in [0.25, 0.3) is 0 Å². The van der Waals surface area contributed by atoms with Crippen LogP contribution in [0.2, 0.25) is 0 Å². The normalized spacial score (nSPS) is 11.9. The summed E-state index contributed by atoms with van der Waals surface area (Å²) in [6.07, 6.45) is 1.72. The monoisotopic (exact) mass is 188 g/mol. The molecule has 0 saturated carbocycles. The lowest BCUT2D eigenvalue weighted by atomic mass is 10.1. The van der Waals surface area contributed by atoms with Crippen molar-refractivity contribution in [3.63, 3.8) is 0 Å². The van der Waals surface area contributed by atoms with Gasteiger partial charge in [0, 0.05) is 24.8 Å². The van der Waals surface area contributed by atoms with Crippen LogP contribution in [0.4, 0.5) is 0 Å². The van der Waals surface area contributed by atoms with Gasteiger partial charge < -0.3 is 10.3 Å². The largest absolute Gasteiger partial charge is 0.324 e. The summed E-state index contributed by atoms with van der Waals surface area (Å²) in [5.74, 6) is 0. The van der Waals surface area contributed by atoms with Gasteiger partial charge in [0.15, 0.2) is 0 Å². The van der Waals surface area contributed by atoms with Crippen LogP contribution in [0.1, 0.15) is 18.5 Å². The zero-order valence-corrected chi connectivity index (χ0v) is 7.97.